The molecule has 3 rings (SSSR count). The van der Waals surface area contributed by atoms with Crippen LogP contribution in [0.3, 0.4) is 0 Å². The SMILES string of the molecule is Nc1ncc2ncn([C@@H]3O[C@H](CO)C(F)[C@@H]3O)c2n1. The number of nitrogen functional groups attached to an aromatic ring is 1. The van der Waals surface area contributed by atoms with Crippen molar-refractivity contribution < 1.29 is 19.3 Å². The van der Waals surface area contributed by atoms with Crippen LogP contribution in [0.4, 0.5) is 10.3 Å². The Balaban J connectivity index is 2.03. The quantitative estimate of drug-likeness (QED) is 0.639. The van der Waals surface area contributed by atoms with Crippen molar-refractivity contribution in [3.63, 3.8) is 0 Å². The van der Waals surface area contributed by atoms with Gasteiger partial charge in [-0.25, -0.2) is 14.4 Å². The molecular formula is C10H12FN5O3. The molecule has 0 aromatic carbocycles. The number of hydrogen-bond acceptors (Lipinski definition) is 7. The maximum absolute atomic E-state index is 13.7. The first-order chi connectivity index (χ1) is 9.11. The number of aromatic nitrogens is 4. The van der Waals surface area contributed by atoms with Gasteiger partial charge in [-0.3, -0.25) is 4.57 Å². The van der Waals surface area contributed by atoms with Gasteiger partial charge in [-0.05, 0) is 0 Å². The molecular weight excluding hydrogens is 257 g/mol. The predicted octanol–water partition coefficient (Wildman–Crippen LogP) is -1.00. The van der Waals surface area contributed by atoms with Gasteiger partial charge in [-0.1, -0.05) is 0 Å². The van der Waals surface area contributed by atoms with Gasteiger partial charge < -0.3 is 20.7 Å². The number of ether oxygens (including phenoxy) is 1. The van der Waals surface area contributed by atoms with E-state index in [1.807, 2.05) is 0 Å². The number of nitrogens with zero attached hydrogens (tertiary/aromatic N) is 4. The van der Waals surface area contributed by atoms with Crippen molar-refractivity contribution in [3.8, 4) is 0 Å². The highest BCUT2D eigenvalue weighted by atomic mass is 19.1. The Labute approximate surface area is 106 Å². The first-order valence-corrected chi connectivity index (χ1v) is 5.65. The third-order valence-corrected chi connectivity index (χ3v) is 3.08. The Morgan fingerprint density at radius 3 is 2.95 bits per heavy atom. The zero-order valence-electron chi connectivity index (χ0n) is 9.72. The Kier molecular flexibility index (Phi) is 2.81. The summed E-state index contributed by atoms with van der Waals surface area (Å²) < 4.78 is 20.3. The smallest absolute Gasteiger partial charge is 0.222 e. The lowest BCUT2D eigenvalue weighted by Crippen LogP contribution is -2.29. The molecule has 1 aliphatic rings. The average Bonchev–Trinajstić information content (AvgIpc) is 2.92. The lowest BCUT2D eigenvalue weighted by Gasteiger charge is -2.16. The number of hydrogen-bond donors (Lipinski definition) is 3. The topological polar surface area (TPSA) is 119 Å². The number of rotatable bonds is 2. The number of nitrogens with two attached hydrogens (primary N) is 1. The average molecular weight is 269 g/mol. The maximum Gasteiger partial charge on any atom is 0.222 e. The number of fused-ring (bicyclic) bond motifs is 1. The maximum atomic E-state index is 13.7. The van der Waals surface area contributed by atoms with E-state index < -0.39 is 31.2 Å². The summed E-state index contributed by atoms with van der Waals surface area (Å²) in [6, 6.07) is 0. The van der Waals surface area contributed by atoms with Gasteiger partial charge in [0.15, 0.2) is 18.0 Å². The normalized spacial score (nSPS) is 31.1. The molecule has 0 spiro atoms. The summed E-state index contributed by atoms with van der Waals surface area (Å²) in [5.74, 6) is 0.0391. The van der Waals surface area contributed by atoms with Crippen LogP contribution in [0.1, 0.15) is 6.23 Å². The third-order valence-electron chi connectivity index (χ3n) is 3.08. The first-order valence-electron chi connectivity index (χ1n) is 5.65. The second-order valence-electron chi connectivity index (χ2n) is 4.27. The Hall–Kier alpha value is -1.84. The van der Waals surface area contributed by atoms with E-state index in [-0.39, 0.29) is 5.95 Å². The molecule has 102 valence electrons. The van der Waals surface area contributed by atoms with Crippen LogP contribution in [0.5, 0.6) is 0 Å². The highest BCUT2D eigenvalue weighted by Crippen LogP contribution is 2.32. The number of alkyl halides is 1. The van der Waals surface area contributed by atoms with E-state index in [1.165, 1.54) is 17.1 Å². The summed E-state index contributed by atoms with van der Waals surface area (Å²) >= 11 is 0. The first kappa shape index (κ1) is 12.2. The fraction of sp³-hybridized carbons (Fsp3) is 0.500. The van der Waals surface area contributed by atoms with Crippen LogP contribution in [-0.2, 0) is 4.74 Å². The van der Waals surface area contributed by atoms with Crippen molar-refractivity contribution >= 4 is 17.1 Å². The number of aliphatic hydroxyl groups is 2. The zero-order valence-corrected chi connectivity index (χ0v) is 9.72. The molecule has 0 saturated carbocycles. The Morgan fingerprint density at radius 2 is 2.26 bits per heavy atom. The Morgan fingerprint density at radius 1 is 1.47 bits per heavy atom. The third kappa shape index (κ3) is 1.82. The van der Waals surface area contributed by atoms with Crippen molar-refractivity contribution in [2.45, 2.75) is 24.6 Å². The second kappa shape index (κ2) is 4.37. The molecule has 2 aromatic heterocycles. The number of anilines is 1. The fourth-order valence-electron chi connectivity index (χ4n) is 2.11. The van der Waals surface area contributed by atoms with Crippen LogP contribution in [0.2, 0.25) is 0 Å². The summed E-state index contributed by atoms with van der Waals surface area (Å²) in [6.45, 7) is -0.515. The minimum Gasteiger partial charge on any atom is -0.394 e. The highest BCUT2D eigenvalue weighted by molar-refractivity contribution is 5.70. The molecule has 1 fully saturated rings. The molecule has 0 radical (unpaired) electrons. The van der Waals surface area contributed by atoms with E-state index in [4.69, 9.17) is 15.6 Å². The minimum absolute atomic E-state index is 0.0391. The van der Waals surface area contributed by atoms with Gasteiger partial charge in [0, 0.05) is 0 Å². The summed E-state index contributed by atoms with van der Waals surface area (Å²) in [5, 5.41) is 18.8. The largest absolute Gasteiger partial charge is 0.394 e. The van der Waals surface area contributed by atoms with E-state index in [0.29, 0.717) is 11.2 Å². The van der Waals surface area contributed by atoms with Crippen molar-refractivity contribution in [2.75, 3.05) is 12.3 Å². The number of imidazole rings is 1. The van der Waals surface area contributed by atoms with Gasteiger partial charge in [0.1, 0.15) is 17.7 Å². The molecule has 1 aliphatic heterocycles. The molecule has 1 unspecified atom stereocenters. The van der Waals surface area contributed by atoms with Crippen LogP contribution < -0.4 is 5.73 Å². The predicted molar refractivity (Wildman–Crippen MR) is 61.6 cm³/mol. The molecule has 9 heteroatoms. The molecule has 0 bridgehead atoms. The lowest BCUT2D eigenvalue weighted by molar-refractivity contribution is -0.0495. The van der Waals surface area contributed by atoms with Crippen LogP contribution in [0.15, 0.2) is 12.5 Å². The number of aliphatic hydroxyl groups excluding tert-OH is 2. The molecule has 8 nitrogen and oxygen atoms in total. The standard InChI is InChI=1S/C10H12FN5O3/c11-6-5(2-17)19-9(7(6)18)16-3-14-4-1-13-10(12)15-8(4)16/h1,3,5-7,9,17-18H,2H2,(H2,12,13,15)/t5-,6?,7+,9-/m1/s1. The molecule has 3 heterocycles. The van der Waals surface area contributed by atoms with Gasteiger partial charge in [0.25, 0.3) is 0 Å². The molecule has 0 amide bonds. The molecule has 19 heavy (non-hydrogen) atoms. The lowest BCUT2D eigenvalue weighted by atomic mass is 10.1. The minimum atomic E-state index is -1.67. The highest BCUT2D eigenvalue weighted by Gasteiger charge is 2.45. The summed E-state index contributed by atoms with van der Waals surface area (Å²) in [6.07, 6.45) is -2.38. The molecule has 4 atom stereocenters. The van der Waals surface area contributed by atoms with Gasteiger partial charge in [0.2, 0.25) is 5.95 Å². The molecule has 1 saturated heterocycles. The number of halogens is 1. The summed E-state index contributed by atoms with van der Waals surface area (Å²) in [4.78, 5) is 11.8. The Bertz CT molecular complexity index is 606. The monoisotopic (exact) mass is 269 g/mol. The second-order valence-corrected chi connectivity index (χ2v) is 4.27. The molecule has 4 N–H and O–H groups in total. The van der Waals surface area contributed by atoms with Gasteiger partial charge in [0.05, 0.1) is 19.1 Å². The van der Waals surface area contributed by atoms with Crippen molar-refractivity contribution in [1.82, 2.24) is 19.5 Å². The fourth-order valence-corrected chi connectivity index (χ4v) is 2.11. The van der Waals surface area contributed by atoms with Crippen LogP contribution >= 0.6 is 0 Å². The summed E-state index contributed by atoms with van der Waals surface area (Å²) in [7, 11) is 0. The van der Waals surface area contributed by atoms with Crippen LogP contribution in [-0.4, -0.2) is 54.7 Å². The summed E-state index contributed by atoms with van der Waals surface area (Å²) in [5.41, 5.74) is 6.27. The van der Waals surface area contributed by atoms with Crippen molar-refractivity contribution in [1.29, 1.82) is 0 Å². The van der Waals surface area contributed by atoms with Crippen LogP contribution in [0, 0.1) is 0 Å². The van der Waals surface area contributed by atoms with E-state index >= 15 is 0 Å². The van der Waals surface area contributed by atoms with Crippen molar-refractivity contribution in [3.05, 3.63) is 12.5 Å². The van der Waals surface area contributed by atoms with E-state index in [9.17, 15) is 9.50 Å². The van der Waals surface area contributed by atoms with E-state index in [0.717, 1.165) is 0 Å². The van der Waals surface area contributed by atoms with Crippen LogP contribution in [0.25, 0.3) is 11.2 Å². The van der Waals surface area contributed by atoms with Gasteiger partial charge in [-0.2, -0.15) is 4.98 Å². The van der Waals surface area contributed by atoms with E-state index in [1.54, 1.807) is 0 Å². The molecule has 2 aromatic rings. The zero-order chi connectivity index (χ0) is 13.6. The van der Waals surface area contributed by atoms with Gasteiger partial charge in [-0.15, -0.1) is 0 Å². The van der Waals surface area contributed by atoms with E-state index in [2.05, 4.69) is 15.0 Å². The molecule has 0 aliphatic carbocycles. The van der Waals surface area contributed by atoms with Gasteiger partial charge >= 0.3 is 0 Å². The van der Waals surface area contributed by atoms with Crippen molar-refractivity contribution in [2.24, 2.45) is 0 Å².